The monoisotopic (exact) mass is 304 g/mol. The Morgan fingerprint density at radius 2 is 2.05 bits per heavy atom. The molecular weight excluding hydrogens is 276 g/mol. The molecule has 2 unspecified atom stereocenters. The molecule has 1 aromatic rings. The van der Waals surface area contributed by atoms with Crippen molar-refractivity contribution >= 4 is 0 Å². The lowest BCUT2D eigenvalue weighted by Gasteiger charge is -2.36. The average molecular weight is 304 g/mol. The SMILES string of the molecule is COCc1nc2n(n1)CC(NC1CCCC13CCCC3)CC2. The Hall–Kier alpha value is -0.940. The number of fused-ring (bicyclic) bond motifs is 1. The number of methoxy groups -OCH3 is 1. The maximum atomic E-state index is 5.15. The molecule has 0 aromatic carbocycles. The van der Waals surface area contributed by atoms with Crippen LogP contribution in [-0.2, 0) is 24.3 Å². The second-order valence-corrected chi connectivity index (χ2v) is 7.48. The van der Waals surface area contributed by atoms with Crippen LogP contribution in [0, 0.1) is 5.41 Å². The van der Waals surface area contributed by atoms with Gasteiger partial charge in [0.1, 0.15) is 12.4 Å². The molecule has 2 atom stereocenters. The first-order chi connectivity index (χ1) is 10.8. The van der Waals surface area contributed by atoms with Crippen LogP contribution in [0.5, 0.6) is 0 Å². The van der Waals surface area contributed by atoms with Gasteiger partial charge in [-0.05, 0) is 37.5 Å². The van der Waals surface area contributed by atoms with Crippen LogP contribution in [-0.4, -0.2) is 34.0 Å². The highest BCUT2D eigenvalue weighted by Crippen LogP contribution is 2.50. The van der Waals surface area contributed by atoms with Gasteiger partial charge in [-0.3, -0.25) is 0 Å². The standard InChI is InChI=1S/C17H28N4O/c1-22-12-15-19-16-7-6-13(11-21(16)20-15)18-14-5-4-10-17(14)8-2-3-9-17/h13-14,18H,2-12H2,1H3. The Labute approximate surface area is 132 Å². The summed E-state index contributed by atoms with van der Waals surface area (Å²) in [4.78, 5) is 4.58. The van der Waals surface area contributed by atoms with E-state index in [0.29, 0.717) is 18.1 Å². The minimum absolute atomic E-state index is 0.518. The number of rotatable bonds is 4. The molecule has 1 spiro atoms. The van der Waals surface area contributed by atoms with E-state index in [-0.39, 0.29) is 0 Å². The number of nitrogens with one attached hydrogen (secondary N) is 1. The summed E-state index contributed by atoms with van der Waals surface area (Å²) in [5, 5.41) is 8.61. The van der Waals surface area contributed by atoms with Crippen LogP contribution in [0.15, 0.2) is 0 Å². The number of nitrogens with zero attached hydrogens (tertiary/aromatic N) is 3. The van der Waals surface area contributed by atoms with Crippen molar-refractivity contribution in [2.45, 2.75) is 83.0 Å². The summed E-state index contributed by atoms with van der Waals surface area (Å²) in [6, 6.07) is 1.30. The van der Waals surface area contributed by atoms with Gasteiger partial charge in [-0.25, -0.2) is 9.67 Å². The van der Waals surface area contributed by atoms with Gasteiger partial charge in [0.15, 0.2) is 5.82 Å². The van der Waals surface area contributed by atoms with Crippen molar-refractivity contribution in [1.82, 2.24) is 20.1 Å². The topological polar surface area (TPSA) is 52.0 Å². The third-order valence-corrected chi connectivity index (χ3v) is 6.12. The third-order valence-electron chi connectivity index (χ3n) is 6.12. The van der Waals surface area contributed by atoms with E-state index in [4.69, 9.17) is 4.74 Å². The summed E-state index contributed by atoms with van der Waals surface area (Å²) in [5.41, 5.74) is 0.629. The van der Waals surface area contributed by atoms with E-state index < -0.39 is 0 Å². The van der Waals surface area contributed by atoms with Gasteiger partial charge in [0, 0.05) is 25.6 Å². The second-order valence-electron chi connectivity index (χ2n) is 7.48. The van der Waals surface area contributed by atoms with Crippen LogP contribution in [0.25, 0.3) is 0 Å². The van der Waals surface area contributed by atoms with E-state index in [2.05, 4.69) is 20.1 Å². The Balaban J connectivity index is 1.42. The highest BCUT2D eigenvalue weighted by atomic mass is 16.5. The lowest BCUT2D eigenvalue weighted by Crippen LogP contribution is -2.48. The predicted molar refractivity (Wildman–Crippen MR) is 84.5 cm³/mol. The highest BCUT2D eigenvalue weighted by Gasteiger charge is 2.45. The van der Waals surface area contributed by atoms with Gasteiger partial charge in [0.05, 0.1) is 6.54 Å². The first kappa shape index (κ1) is 14.6. The molecule has 2 fully saturated rings. The summed E-state index contributed by atoms with van der Waals surface area (Å²) in [6.07, 6.45) is 12.2. The Morgan fingerprint density at radius 3 is 2.86 bits per heavy atom. The normalized spacial score (nSPS) is 30.0. The molecule has 1 aromatic heterocycles. The maximum absolute atomic E-state index is 5.15. The second kappa shape index (κ2) is 5.93. The molecule has 2 heterocycles. The molecule has 0 amide bonds. The summed E-state index contributed by atoms with van der Waals surface area (Å²) in [5.74, 6) is 1.96. The average Bonchev–Trinajstić information content (AvgIpc) is 3.22. The van der Waals surface area contributed by atoms with Gasteiger partial charge in [-0.15, -0.1) is 0 Å². The molecule has 0 saturated heterocycles. The lowest BCUT2D eigenvalue weighted by molar-refractivity contribution is 0.177. The number of hydrogen-bond acceptors (Lipinski definition) is 4. The minimum Gasteiger partial charge on any atom is -0.377 e. The van der Waals surface area contributed by atoms with Crippen molar-refractivity contribution in [2.24, 2.45) is 5.41 Å². The van der Waals surface area contributed by atoms with Crippen molar-refractivity contribution < 1.29 is 4.74 Å². The molecule has 0 radical (unpaired) electrons. The number of ether oxygens (including phenoxy) is 1. The molecule has 5 heteroatoms. The van der Waals surface area contributed by atoms with Gasteiger partial charge in [-0.1, -0.05) is 19.3 Å². The molecule has 2 saturated carbocycles. The predicted octanol–water partition coefficient (Wildman–Crippen LogP) is 2.44. The number of aryl methyl sites for hydroxylation is 1. The molecule has 0 bridgehead atoms. The number of hydrogen-bond donors (Lipinski definition) is 1. The Morgan fingerprint density at radius 1 is 1.23 bits per heavy atom. The van der Waals surface area contributed by atoms with E-state index in [1.165, 1.54) is 51.4 Å². The molecule has 1 N–H and O–H groups in total. The van der Waals surface area contributed by atoms with Gasteiger partial charge in [0.25, 0.3) is 0 Å². The molecule has 22 heavy (non-hydrogen) atoms. The third kappa shape index (κ3) is 2.58. The van der Waals surface area contributed by atoms with Gasteiger partial charge < -0.3 is 10.1 Å². The van der Waals surface area contributed by atoms with Crippen LogP contribution < -0.4 is 5.32 Å². The fraction of sp³-hybridized carbons (Fsp3) is 0.882. The van der Waals surface area contributed by atoms with E-state index in [1.54, 1.807) is 7.11 Å². The molecule has 5 nitrogen and oxygen atoms in total. The van der Waals surface area contributed by atoms with Crippen molar-refractivity contribution in [2.75, 3.05) is 7.11 Å². The first-order valence-corrected chi connectivity index (χ1v) is 8.97. The van der Waals surface area contributed by atoms with Gasteiger partial charge in [-0.2, -0.15) is 5.10 Å². The minimum atomic E-state index is 0.518. The summed E-state index contributed by atoms with van der Waals surface area (Å²) >= 11 is 0. The molecule has 4 rings (SSSR count). The highest BCUT2D eigenvalue weighted by molar-refractivity contribution is 5.02. The van der Waals surface area contributed by atoms with Gasteiger partial charge in [0.2, 0.25) is 0 Å². The molecular formula is C17H28N4O. The van der Waals surface area contributed by atoms with Gasteiger partial charge >= 0.3 is 0 Å². The Kier molecular flexibility index (Phi) is 3.95. The maximum Gasteiger partial charge on any atom is 0.176 e. The summed E-state index contributed by atoms with van der Waals surface area (Å²) < 4.78 is 7.25. The zero-order valence-electron chi connectivity index (χ0n) is 13.7. The van der Waals surface area contributed by atoms with Crippen LogP contribution in [0.2, 0.25) is 0 Å². The van der Waals surface area contributed by atoms with Crippen molar-refractivity contribution in [3.63, 3.8) is 0 Å². The smallest absolute Gasteiger partial charge is 0.176 e. The van der Waals surface area contributed by atoms with Crippen molar-refractivity contribution in [1.29, 1.82) is 0 Å². The molecule has 1 aliphatic heterocycles. The molecule has 3 aliphatic rings. The zero-order chi connectivity index (χ0) is 15.0. The summed E-state index contributed by atoms with van der Waals surface area (Å²) in [6.45, 7) is 1.49. The van der Waals surface area contributed by atoms with Crippen LogP contribution in [0.4, 0.5) is 0 Å². The lowest BCUT2D eigenvalue weighted by atomic mass is 9.80. The van der Waals surface area contributed by atoms with E-state index in [9.17, 15) is 0 Å². The fourth-order valence-corrected chi connectivity index (χ4v) is 5.05. The van der Waals surface area contributed by atoms with Crippen LogP contribution >= 0.6 is 0 Å². The summed E-state index contributed by atoms with van der Waals surface area (Å²) in [7, 11) is 1.70. The largest absolute Gasteiger partial charge is 0.377 e. The van der Waals surface area contributed by atoms with Crippen LogP contribution in [0.1, 0.15) is 63.0 Å². The van der Waals surface area contributed by atoms with Crippen LogP contribution in [0.3, 0.4) is 0 Å². The first-order valence-electron chi connectivity index (χ1n) is 8.97. The number of aromatic nitrogens is 3. The van der Waals surface area contributed by atoms with E-state index in [1.807, 2.05) is 0 Å². The fourth-order valence-electron chi connectivity index (χ4n) is 5.05. The Bertz CT molecular complexity index is 515. The molecule has 122 valence electrons. The zero-order valence-corrected chi connectivity index (χ0v) is 13.7. The quantitative estimate of drug-likeness (QED) is 0.928. The van der Waals surface area contributed by atoms with Crippen molar-refractivity contribution in [3.05, 3.63) is 11.6 Å². The van der Waals surface area contributed by atoms with E-state index in [0.717, 1.165) is 30.7 Å². The van der Waals surface area contributed by atoms with Crippen molar-refractivity contribution in [3.8, 4) is 0 Å². The molecule has 2 aliphatic carbocycles. The van der Waals surface area contributed by atoms with E-state index >= 15 is 0 Å².